The summed E-state index contributed by atoms with van der Waals surface area (Å²) in [5.41, 5.74) is 0.123. The fraction of sp³-hybridized carbons (Fsp3) is 0.625. The second-order valence-electron chi connectivity index (χ2n) is 6.40. The standard InChI is InChI=1S/C16H24N2O6S/c1-16(2,3)7-6-8-24-14(21)12(13(19)20)25-15-17-10(22-4)9-11(18-15)23-5/h9,12H,6-8H2,1-5H3,(H,19,20). The Labute approximate surface area is 151 Å². The molecule has 1 aromatic rings. The van der Waals surface area contributed by atoms with Gasteiger partial charge in [-0.05, 0) is 18.3 Å². The van der Waals surface area contributed by atoms with Crippen LogP contribution in [0.4, 0.5) is 0 Å². The van der Waals surface area contributed by atoms with E-state index in [1.165, 1.54) is 20.3 Å². The summed E-state index contributed by atoms with van der Waals surface area (Å²) in [5, 5.41) is 7.89. The predicted molar refractivity (Wildman–Crippen MR) is 92.1 cm³/mol. The van der Waals surface area contributed by atoms with Gasteiger partial charge in [0.1, 0.15) is 0 Å². The Kier molecular flexibility index (Phi) is 7.95. The van der Waals surface area contributed by atoms with Gasteiger partial charge in [-0.1, -0.05) is 32.5 Å². The van der Waals surface area contributed by atoms with Gasteiger partial charge in [-0.3, -0.25) is 9.59 Å². The molecule has 0 saturated heterocycles. The number of hydrogen-bond acceptors (Lipinski definition) is 8. The van der Waals surface area contributed by atoms with Crippen LogP contribution in [0.2, 0.25) is 0 Å². The van der Waals surface area contributed by atoms with Crippen LogP contribution in [0.1, 0.15) is 33.6 Å². The molecule has 140 valence electrons. The zero-order valence-corrected chi connectivity index (χ0v) is 15.9. The lowest BCUT2D eigenvalue weighted by Gasteiger charge is -2.18. The lowest BCUT2D eigenvalue weighted by Crippen LogP contribution is -2.29. The number of rotatable bonds is 9. The third-order valence-corrected chi connectivity index (χ3v) is 4.08. The summed E-state index contributed by atoms with van der Waals surface area (Å²) in [4.78, 5) is 31.5. The molecule has 0 aliphatic carbocycles. The van der Waals surface area contributed by atoms with Crippen molar-refractivity contribution in [1.82, 2.24) is 9.97 Å². The number of methoxy groups -OCH3 is 2. The Morgan fingerprint density at radius 2 is 1.76 bits per heavy atom. The number of thioether (sulfide) groups is 1. The highest BCUT2D eigenvalue weighted by molar-refractivity contribution is 8.01. The lowest BCUT2D eigenvalue weighted by atomic mass is 9.91. The van der Waals surface area contributed by atoms with Gasteiger partial charge in [0.25, 0.3) is 0 Å². The van der Waals surface area contributed by atoms with Crippen molar-refractivity contribution in [2.45, 2.75) is 44.0 Å². The Morgan fingerprint density at radius 3 is 2.20 bits per heavy atom. The molecule has 25 heavy (non-hydrogen) atoms. The summed E-state index contributed by atoms with van der Waals surface area (Å²) >= 11 is 0.671. The van der Waals surface area contributed by atoms with Crippen molar-refractivity contribution in [3.05, 3.63) is 6.07 Å². The van der Waals surface area contributed by atoms with E-state index in [1.54, 1.807) is 0 Å². The summed E-state index contributed by atoms with van der Waals surface area (Å²) in [7, 11) is 2.82. The molecule has 1 heterocycles. The van der Waals surface area contributed by atoms with E-state index in [2.05, 4.69) is 30.7 Å². The summed E-state index contributed by atoms with van der Waals surface area (Å²) in [6.45, 7) is 6.41. The molecule has 0 bridgehead atoms. The largest absolute Gasteiger partial charge is 0.481 e. The van der Waals surface area contributed by atoms with Gasteiger partial charge in [-0.25, -0.2) is 0 Å². The molecule has 0 aliphatic rings. The summed E-state index contributed by atoms with van der Waals surface area (Å²) in [6.07, 6.45) is 1.52. The van der Waals surface area contributed by atoms with Gasteiger partial charge < -0.3 is 19.3 Å². The van der Waals surface area contributed by atoms with Gasteiger partial charge in [-0.15, -0.1) is 0 Å². The second-order valence-corrected chi connectivity index (χ2v) is 7.48. The molecule has 0 fully saturated rings. The van der Waals surface area contributed by atoms with E-state index in [-0.39, 0.29) is 28.9 Å². The first-order chi connectivity index (χ1) is 11.7. The lowest BCUT2D eigenvalue weighted by molar-refractivity contribution is -0.150. The van der Waals surface area contributed by atoms with E-state index in [0.29, 0.717) is 18.2 Å². The Bertz CT molecular complexity index is 581. The predicted octanol–water partition coefficient (Wildman–Crippen LogP) is 2.41. The number of carboxylic acid groups (broad SMARTS) is 1. The van der Waals surface area contributed by atoms with Crippen molar-refractivity contribution in [3.63, 3.8) is 0 Å². The van der Waals surface area contributed by atoms with Crippen LogP contribution in [0.15, 0.2) is 11.2 Å². The fourth-order valence-electron chi connectivity index (χ4n) is 1.80. The van der Waals surface area contributed by atoms with Crippen molar-refractivity contribution in [1.29, 1.82) is 0 Å². The number of carboxylic acids is 1. The maximum Gasteiger partial charge on any atom is 0.331 e. The molecular formula is C16H24N2O6S. The average molecular weight is 372 g/mol. The van der Waals surface area contributed by atoms with Gasteiger partial charge in [0.05, 0.1) is 26.9 Å². The molecule has 0 saturated carbocycles. The second kappa shape index (κ2) is 9.45. The molecule has 0 aromatic carbocycles. The van der Waals surface area contributed by atoms with Gasteiger partial charge >= 0.3 is 11.9 Å². The number of carbonyl (C=O) groups excluding carboxylic acids is 1. The zero-order valence-electron chi connectivity index (χ0n) is 15.1. The molecule has 1 unspecified atom stereocenters. The van der Waals surface area contributed by atoms with Crippen LogP contribution in [-0.4, -0.2) is 53.1 Å². The summed E-state index contributed by atoms with van der Waals surface area (Å²) < 4.78 is 15.1. The van der Waals surface area contributed by atoms with E-state index in [4.69, 9.17) is 14.2 Å². The van der Waals surface area contributed by atoms with Crippen molar-refractivity contribution in [3.8, 4) is 11.8 Å². The van der Waals surface area contributed by atoms with Crippen LogP contribution in [-0.2, 0) is 14.3 Å². The topological polar surface area (TPSA) is 108 Å². The minimum absolute atomic E-state index is 0.0511. The van der Waals surface area contributed by atoms with Crippen LogP contribution in [0.25, 0.3) is 0 Å². The molecule has 0 amide bonds. The van der Waals surface area contributed by atoms with Crippen LogP contribution in [0.5, 0.6) is 11.8 Å². The molecule has 0 radical (unpaired) electrons. The number of aliphatic carboxylic acids is 1. The van der Waals surface area contributed by atoms with Crippen LogP contribution in [0, 0.1) is 5.41 Å². The molecule has 1 N–H and O–H groups in total. The minimum Gasteiger partial charge on any atom is -0.481 e. The molecule has 8 nitrogen and oxygen atoms in total. The van der Waals surface area contributed by atoms with Crippen LogP contribution >= 0.6 is 11.8 Å². The number of hydrogen-bond donors (Lipinski definition) is 1. The molecular weight excluding hydrogens is 348 g/mol. The first kappa shape index (κ1) is 21.0. The number of esters is 1. The first-order valence-electron chi connectivity index (χ1n) is 7.69. The van der Waals surface area contributed by atoms with Gasteiger partial charge in [0.15, 0.2) is 5.16 Å². The maximum absolute atomic E-state index is 12.1. The van der Waals surface area contributed by atoms with Gasteiger partial charge in [0, 0.05) is 0 Å². The van der Waals surface area contributed by atoms with Crippen molar-refractivity contribution < 1.29 is 28.9 Å². The number of carbonyl (C=O) groups is 2. The normalized spacial score (nSPS) is 12.4. The van der Waals surface area contributed by atoms with E-state index < -0.39 is 17.2 Å². The molecule has 1 atom stereocenters. The highest BCUT2D eigenvalue weighted by atomic mass is 32.2. The third kappa shape index (κ3) is 7.59. The van der Waals surface area contributed by atoms with Crippen LogP contribution in [0.3, 0.4) is 0 Å². The highest BCUT2D eigenvalue weighted by Gasteiger charge is 2.31. The smallest absolute Gasteiger partial charge is 0.331 e. The van der Waals surface area contributed by atoms with Crippen LogP contribution < -0.4 is 9.47 Å². The van der Waals surface area contributed by atoms with Crippen molar-refractivity contribution in [2.24, 2.45) is 5.41 Å². The van der Waals surface area contributed by atoms with E-state index in [0.717, 1.165) is 6.42 Å². The molecule has 0 spiro atoms. The fourth-order valence-corrected chi connectivity index (χ4v) is 2.56. The maximum atomic E-state index is 12.1. The van der Waals surface area contributed by atoms with E-state index in [9.17, 15) is 14.7 Å². The van der Waals surface area contributed by atoms with Crippen molar-refractivity contribution in [2.75, 3.05) is 20.8 Å². The zero-order chi connectivity index (χ0) is 19.0. The third-order valence-electron chi connectivity index (χ3n) is 3.05. The highest BCUT2D eigenvalue weighted by Crippen LogP contribution is 2.26. The number of nitrogens with zero attached hydrogens (tertiary/aromatic N) is 2. The molecule has 1 aromatic heterocycles. The quantitative estimate of drug-likeness (QED) is 0.230. The number of ether oxygens (including phenoxy) is 3. The summed E-state index contributed by atoms with van der Waals surface area (Å²) in [5.74, 6) is -1.75. The number of aromatic nitrogens is 2. The first-order valence-corrected chi connectivity index (χ1v) is 8.57. The van der Waals surface area contributed by atoms with E-state index >= 15 is 0 Å². The Morgan fingerprint density at radius 1 is 1.20 bits per heavy atom. The SMILES string of the molecule is COc1cc(OC)nc(SC(C(=O)O)C(=O)OCCCC(C)(C)C)n1. The average Bonchev–Trinajstić information content (AvgIpc) is 2.54. The van der Waals surface area contributed by atoms with Gasteiger partial charge in [-0.2, -0.15) is 9.97 Å². The Balaban J connectivity index is 2.74. The monoisotopic (exact) mass is 372 g/mol. The summed E-state index contributed by atoms with van der Waals surface area (Å²) in [6, 6.07) is 1.45. The minimum atomic E-state index is -1.47. The molecule has 9 heteroatoms. The molecule has 1 rings (SSSR count). The Hall–Kier alpha value is -2.03. The molecule has 0 aliphatic heterocycles. The van der Waals surface area contributed by atoms with Gasteiger partial charge in [0.2, 0.25) is 17.0 Å². The van der Waals surface area contributed by atoms with E-state index in [1.807, 2.05) is 0 Å². The van der Waals surface area contributed by atoms with Crippen molar-refractivity contribution >= 4 is 23.7 Å².